The summed E-state index contributed by atoms with van der Waals surface area (Å²) in [5, 5.41) is 7.12. The van der Waals surface area contributed by atoms with Crippen LogP contribution in [0.15, 0.2) is 36.5 Å². The highest BCUT2D eigenvalue weighted by atomic mass is 16.5. The highest BCUT2D eigenvalue weighted by Gasteiger charge is 2.13. The van der Waals surface area contributed by atoms with Crippen LogP contribution in [0, 0.1) is 0 Å². The molecule has 1 atom stereocenters. The van der Waals surface area contributed by atoms with E-state index in [1.54, 1.807) is 24.1 Å². The molecule has 0 saturated carbocycles. The number of carbonyl (C=O) groups excluding carboxylic acids is 1. The standard InChI is InChI=1S/C15H19N3O2/c1-4-18-10-9-14(17-18)15(19)16-11(2)12-5-7-13(20-3)8-6-12/h5-11H,4H2,1-3H3,(H,16,19). The van der Waals surface area contributed by atoms with Crippen LogP contribution in [-0.2, 0) is 6.54 Å². The molecule has 0 spiro atoms. The van der Waals surface area contributed by atoms with Gasteiger partial charge in [-0.2, -0.15) is 5.10 Å². The summed E-state index contributed by atoms with van der Waals surface area (Å²) in [4.78, 5) is 12.1. The SMILES string of the molecule is CCn1ccc(C(=O)NC(C)c2ccc(OC)cc2)n1. The first-order chi connectivity index (χ1) is 9.63. The predicted octanol–water partition coefficient (Wildman–Crippen LogP) is 2.40. The Kier molecular flexibility index (Phi) is 4.40. The highest BCUT2D eigenvalue weighted by molar-refractivity contribution is 5.92. The van der Waals surface area contributed by atoms with Crippen molar-refractivity contribution in [1.29, 1.82) is 0 Å². The summed E-state index contributed by atoms with van der Waals surface area (Å²) >= 11 is 0. The van der Waals surface area contributed by atoms with Gasteiger partial charge in [-0.3, -0.25) is 9.48 Å². The summed E-state index contributed by atoms with van der Waals surface area (Å²) in [6, 6.07) is 9.27. The molecule has 2 aromatic rings. The number of nitrogens with zero attached hydrogens (tertiary/aromatic N) is 2. The van der Waals surface area contributed by atoms with E-state index in [4.69, 9.17) is 4.74 Å². The third-order valence-electron chi connectivity index (χ3n) is 3.16. The molecule has 0 radical (unpaired) electrons. The van der Waals surface area contributed by atoms with Gasteiger partial charge in [-0.25, -0.2) is 0 Å². The molecule has 1 unspecified atom stereocenters. The number of hydrogen-bond acceptors (Lipinski definition) is 3. The maximum Gasteiger partial charge on any atom is 0.272 e. The Morgan fingerprint density at radius 1 is 1.35 bits per heavy atom. The topological polar surface area (TPSA) is 56.2 Å². The van der Waals surface area contributed by atoms with Crippen molar-refractivity contribution in [2.75, 3.05) is 7.11 Å². The van der Waals surface area contributed by atoms with E-state index in [9.17, 15) is 4.79 Å². The summed E-state index contributed by atoms with van der Waals surface area (Å²) < 4.78 is 6.84. The smallest absolute Gasteiger partial charge is 0.272 e. The van der Waals surface area contributed by atoms with Crippen LogP contribution in [0.1, 0.15) is 35.9 Å². The van der Waals surface area contributed by atoms with Crippen LogP contribution in [0.25, 0.3) is 0 Å². The van der Waals surface area contributed by atoms with E-state index in [2.05, 4.69) is 10.4 Å². The molecule has 0 aliphatic carbocycles. The number of benzene rings is 1. The average molecular weight is 273 g/mol. The average Bonchev–Trinajstić information content (AvgIpc) is 2.96. The van der Waals surface area contributed by atoms with Crippen LogP contribution < -0.4 is 10.1 Å². The van der Waals surface area contributed by atoms with Crippen LogP contribution in [0.4, 0.5) is 0 Å². The molecule has 2 rings (SSSR count). The molecule has 0 fully saturated rings. The van der Waals surface area contributed by atoms with E-state index < -0.39 is 0 Å². The summed E-state index contributed by atoms with van der Waals surface area (Å²) in [5.74, 6) is 0.634. The number of nitrogens with one attached hydrogen (secondary N) is 1. The molecule has 1 aromatic heterocycles. The number of amides is 1. The van der Waals surface area contributed by atoms with Gasteiger partial charge in [-0.1, -0.05) is 12.1 Å². The second-order valence-electron chi connectivity index (χ2n) is 4.52. The summed E-state index contributed by atoms with van der Waals surface area (Å²) in [6.45, 7) is 4.67. The van der Waals surface area contributed by atoms with Crippen molar-refractivity contribution in [1.82, 2.24) is 15.1 Å². The minimum absolute atomic E-state index is 0.0832. The number of rotatable bonds is 5. The Morgan fingerprint density at radius 2 is 2.05 bits per heavy atom. The highest BCUT2D eigenvalue weighted by Crippen LogP contribution is 2.17. The second-order valence-corrected chi connectivity index (χ2v) is 4.52. The molecular weight excluding hydrogens is 254 g/mol. The zero-order valence-corrected chi connectivity index (χ0v) is 12.0. The zero-order chi connectivity index (χ0) is 14.5. The lowest BCUT2D eigenvalue weighted by Gasteiger charge is -2.13. The van der Waals surface area contributed by atoms with Gasteiger partial charge in [0.15, 0.2) is 0 Å². The minimum Gasteiger partial charge on any atom is -0.497 e. The molecule has 20 heavy (non-hydrogen) atoms. The fourth-order valence-electron chi connectivity index (χ4n) is 1.91. The molecule has 1 aromatic carbocycles. The fourth-order valence-corrected chi connectivity index (χ4v) is 1.91. The molecule has 0 aliphatic heterocycles. The van der Waals surface area contributed by atoms with Gasteiger partial charge >= 0.3 is 0 Å². The number of aromatic nitrogens is 2. The van der Waals surface area contributed by atoms with Gasteiger partial charge in [0.05, 0.1) is 13.2 Å². The lowest BCUT2D eigenvalue weighted by Crippen LogP contribution is -2.27. The van der Waals surface area contributed by atoms with Gasteiger partial charge in [-0.05, 0) is 37.6 Å². The molecule has 106 valence electrons. The normalized spacial score (nSPS) is 11.9. The van der Waals surface area contributed by atoms with Gasteiger partial charge in [0.25, 0.3) is 5.91 Å². The number of hydrogen-bond donors (Lipinski definition) is 1. The molecule has 5 nitrogen and oxygen atoms in total. The number of aryl methyl sites for hydroxylation is 1. The van der Waals surface area contributed by atoms with Crippen LogP contribution in [0.5, 0.6) is 5.75 Å². The van der Waals surface area contributed by atoms with Crippen molar-refractivity contribution in [3.05, 3.63) is 47.8 Å². The molecule has 5 heteroatoms. The Morgan fingerprint density at radius 3 is 2.60 bits per heavy atom. The van der Waals surface area contributed by atoms with E-state index >= 15 is 0 Å². The summed E-state index contributed by atoms with van der Waals surface area (Å²) in [6.07, 6.45) is 1.80. The monoisotopic (exact) mass is 273 g/mol. The largest absolute Gasteiger partial charge is 0.497 e. The van der Waals surface area contributed by atoms with Crippen molar-refractivity contribution < 1.29 is 9.53 Å². The first-order valence-electron chi connectivity index (χ1n) is 6.62. The molecule has 0 bridgehead atoms. The first-order valence-corrected chi connectivity index (χ1v) is 6.62. The molecular formula is C15H19N3O2. The Balaban J connectivity index is 2.02. The van der Waals surface area contributed by atoms with E-state index in [0.29, 0.717) is 5.69 Å². The quantitative estimate of drug-likeness (QED) is 0.910. The van der Waals surface area contributed by atoms with Crippen molar-refractivity contribution >= 4 is 5.91 Å². The zero-order valence-electron chi connectivity index (χ0n) is 12.0. The van der Waals surface area contributed by atoms with Crippen LogP contribution in [0.2, 0.25) is 0 Å². The predicted molar refractivity (Wildman–Crippen MR) is 76.8 cm³/mol. The summed E-state index contributed by atoms with van der Waals surface area (Å²) in [7, 11) is 1.63. The maximum atomic E-state index is 12.1. The van der Waals surface area contributed by atoms with Crippen molar-refractivity contribution in [2.45, 2.75) is 26.4 Å². The van der Waals surface area contributed by atoms with Crippen molar-refractivity contribution in [3.63, 3.8) is 0 Å². The van der Waals surface area contributed by atoms with Crippen LogP contribution in [-0.4, -0.2) is 22.8 Å². The number of ether oxygens (including phenoxy) is 1. The molecule has 1 amide bonds. The van der Waals surface area contributed by atoms with Crippen LogP contribution >= 0.6 is 0 Å². The van der Waals surface area contributed by atoms with E-state index in [1.807, 2.05) is 38.1 Å². The van der Waals surface area contributed by atoms with E-state index in [0.717, 1.165) is 17.9 Å². The Hall–Kier alpha value is -2.30. The maximum absolute atomic E-state index is 12.1. The summed E-state index contributed by atoms with van der Waals surface area (Å²) in [5.41, 5.74) is 1.46. The van der Waals surface area contributed by atoms with E-state index in [1.165, 1.54) is 0 Å². The van der Waals surface area contributed by atoms with E-state index in [-0.39, 0.29) is 11.9 Å². The molecule has 1 N–H and O–H groups in total. The first kappa shape index (κ1) is 14.1. The van der Waals surface area contributed by atoms with Gasteiger partial charge < -0.3 is 10.1 Å². The van der Waals surface area contributed by atoms with Crippen molar-refractivity contribution in [3.8, 4) is 5.75 Å². The lowest BCUT2D eigenvalue weighted by molar-refractivity contribution is 0.0934. The Labute approximate surface area is 118 Å². The number of methoxy groups -OCH3 is 1. The third kappa shape index (κ3) is 3.17. The molecule has 1 heterocycles. The van der Waals surface area contributed by atoms with Gasteiger partial charge in [0, 0.05) is 12.7 Å². The third-order valence-corrected chi connectivity index (χ3v) is 3.16. The molecule has 0 saturated heterocycles. The second kappa shape index (κ2) is 6.23. The lowest BCUT2D eigenvalue weighted by atomic mass is 10.1. The molecule has 0 aliphatic rings. The van der Waals surface area contributed by atoms with Gasteiger partial charge in [0.1, 0.15) is 11.4 Å². The minimum atomic E-state index is -0.166. The van der Waals surface area contributed by atoms with Crippen molar-refractivity contribution in [2.24, 2.45) is 0 Å². The van der Waals surface area contributed by atoms with Gasteiger partial charge in [0.2, 0.25) is 0 Å². The Bertz CT molecular complexity index is 575. The number of carbonyl (C=O) groups is 1. The van der Waals surface area contributed by atoms with Gasteiger partial charge in [-0.15, -0.1) is 0 Å². The fraction of sp³-hybridized carbons (Fsp3) is 0.333. The van der Waals surface area contributed by atoms with Crippen LogP contribution in [0.3, 0.4) is 0 Å².